The zero-order valence-corrected chi connectivity index (χ0v) is 15.9. The van der Waals surface area contributed by atoms with Crippen molar-refractivity contribution in [2.45, 2.75) is 26.0 Å². The molecule has 0 saturated heterocycles. The van der Waals surface area contributed by atoms with Crippen LogP contribution in [0.25, 0.3) is 0 Å². The van der Waals surface area contributed by atoms with Crippen molar-refractivity contribution in [3.05, 3.63) is 44.6 Å². The van der Waals surface area contributed by atoms with Crippen molar-refractivity contribution >= 4 is 28.9 Å². The molecule has 0 fully saturated rings. The van der Waals surface area contributed by atoms with Crippen molar-refractivity contribution in [2.24, 2.45) is 14.1 Å². The van der Waals surface area contributed by atoms with Crippen LogP contribution in [0.3, 0.4) is 0 Å². The number of nitrogens with two attached hydrogens (primary N) is 1. The van der Waals surface area contributed by atoms with Crippen molar-refractivity contribution in [2.75, 3.05) is 16.4 Å². The molecule has 0 aliphatic carbocycles. The Morgan fingerprint density at radius 3 is 2.61 bits per heavy atom. The van der Waals surface area contributed by atoms with E-state index in [4.69, 9.17) is 10.5 Å². The van der Waals surface area contributed by atoms with Gasteiger partial charge in [-0.05, 0) is 32.0 Å². The van der Waals surface area contributed by atoms with Crippen LogP contribution in [-0.4, -0.2) is 33.0 Å². The predicted octanol–water partition coefficient (Wildman–Crippen LogP) is 0.0689. The molecule has 1 aromatic carbocycles. The number of hydrogen-bond acceptors (Lipinski definition) is 7. The van der Waals surface area contributed by atoms with E-state index in [9.17, 15) is 19.2 Å². The Morgan fingerprint density at radius 2 is 1.93 bits per heavy atom. The maximum absolute atomic E-state index is 12.8. The number of aromatic nitrogens is 2. The quantitative estimate of drug-likeness (QED) is 0.631. The Bertz CT molecular complexity index is 1100. The fraction of sp³-hybridized carbons (Fsp3) is 0.333. The van der Waals surface area contributed by atoms with Gasteiger partial charge in [0.25, 0.3) is 11.5 Å². The Morgan fingerprint density at radius 1 is 1.25 bits per heavy atom. The number of Topliss-reactive ketones (excluding diaryl/α,β-unsaturated/α-hetero) is 1. The Balaban J connectivity index is 1.89. The topological polar surface area (TPSA) is 137 Å². The van der Waals surface area contributed by atoms with Gasteiger partial charge in [-0.25, -0.2) is 4.79 Å². The average Bonchev–Trinajstić information content (AvgIpc) is 2.66. The number of carbonyl (C=O) groups is 2. The number of nitrogen functional groups attached to an aromatic ring is 1. The molecule has 4 N–H and O–H groups in total. The molecule has 0 saturated carbocycles. The van der Waals surface area contributed by atoms with Crippen LogP contribution in [0.2, 0.25) is 0 Å². The molecule has 0 bridgehead atoms. The van der Waals surface area contributed by atoms with Gasteiger partial charge in [0.2, 0.25) is 0 Å². The highest BCUT2D eigenvalue weighted by atomic mass is 16.5. The van der Waals surface area contributed by atoms with Crippen molar-refractivity contribution in [1.82, 2.24) is 9.13 Å². The SMILES string of the molecule is CC(Nc1ccc2c(c1)NC(=O)C(C)O2)C(=O)c1c(N)n(C)c(=O)n(C)c1=O. The zero-order valence-electron chi connectivity index (χ0n) is 15.9. The van der Waals surface area contributed by atoms with Gasteiger partial charge in [-0.1, -0.05) is 0 Å². The lowest BCUT2D eigenvalue weighted by Crippen LogP contribution is -2.43. The van der Waals surface area contributed by atoms with Crippen LogP contribution in [0, 0.1) is 0 Å². The Labute approximate surface area is 159 Å². The van der Waals surface area contributed by atoms with Gasteiger partial charge in [0.15, 0.2) is 11.9 Å². The monoisotopic (exact) mass is 387 g/mol. The number of ketones is 1. The van der Waals surface area contributed by atoms with Crippen molar-refractivity contribution in [3.8, 4) is 5.75 Å². The standard InChI is InChI=1S/C18H21N5O5/c1-8(14(24)13-15(19)22(3)18(27)23(4)17(13)26)20-10-5-6-12-11(7-10)21-16(25)9(2)28-12/h5-9,20H,19H2,1-4H3,(H,21,25). The molecular formula is C18H21N5O5. The predicted molar refractivity (Wildman–Crippen MR) is 104 cm³/mol. The Hall–Kier alpha value is -3.56. The summed E-state index contributed by atoms with van der Waals surface area (Å²) in [5.41, 5.74) is 5.24. The number of benzene rings is 1. The van der Waals surface area contributed by atoms with Crippen LogP contribution in [0.15, 0.2) is 27.8 Å². The third-order valence-corrected chi connectivity index (χ3v) is 4.64. The highest BCUT2D eigenvalue weighted by Gasteiger charge is 2.26. The van der Waals surface area contributed by atoms with Crippen molar-refractivity contribution in [3.63, 3.8) is 0 Å². The molecule has 2 unspecified atom stereocenters. The van der Waals surface area contributed by atoms with E-state index >= 15 is 0 Å². The molecule has 1 amide bonds. The van der Waals surface area contributed by atoms with Crippen LogP contribution in [0.1, 0.15) is 24.2 Å². The maximum Gasteiger partial charge on any atom is 0.332 e. The molecule has 1 aliphatic rings. The number of carbonyl (C=O) groups excluding carboxylic acids is 2. The molecule has 3 rings (SSSR count). The van der Waals surface area contributed by atoms with E-state index < -0.39 is 29.2 Å². The summed E-state index contributed by atoms with van der Waals surface area (Å²) in [6.07, 6.45) is -0.587. The number of hydrogen-bond donors (Lipinski definition) is 3. The number of rotatable bonds is 4. The van der Waals surface area contributed by atoms with Crippen LogP contribution in [0.5, 0.6) is 5.75 Å². The van der Waals surface area contributed by atoms with E-state index in [1.807, 2.05) is 0 Å². The van der Waals surface area contributed by atoms with Gasteiger partial charge in [0, 0.05) is 19.8 Å². The van der Waals surface area contributed by atoms with Gasteiger partial charge < -0.3 is 21.1 Å². The van der Waals surface area contributed by atoms with E-state index in [2.05, 4.69) is 10.6 Å². The third-order valence-electron chi connectivity index (χ3n) is 4.64. The van der Waals surface area contributed by atoms with E-state index in [1.54, 1.807) is 32.0 Å². The molecule has 28 heavy (non-hydrogen) atoms. The van der Waals surface area contributed by atoms with Gasteiger partial charge in [0.1, 0.15) is 17.1 Å². The second-order valence-electron chi connectivity index (χ2n) is 6.66. The van der Waals surface area contributed by atoms with Crippen LogP contribution in [-0.2, 0) is 18.9 Å². The fourth-order valence-electron chi connectivity index (χ4n) is 2.92. The summed E-state index contributed by atoms with van der Waals surface area (Å²) in [6, 6.07) is 4.18. The molecule has 2 heterocycles. The first-order valence-electron chi connectivity index (χ1n) is 8.59. The van der Waals surface area contributed by atoms with Gasteiger partial charge >= 0.3 is 5.69 Å². The summed E-state index contributed by atoms with van der Waals surface area (Å²) in [5.74, 6) is -0.491. The van der Waals surface area contributed by atoms with E-state index in [0.717, 1.165) is 9.13 Å². The first kappa shape index (κ1) is 19.2. The largest absolute Gasteiger partial charge is 0.479 e. The second kappa shape index (κ2) is 6.87. The second-order valence-corrected chi connectivity index (χ2v) is 6.66. The molecule has 148 valence electrons. The fourth-order valence-corrected chi connectivity index (χ4v) is 2.92. The first-order chi connectivity index (χ1) is 13.1. The number of anilines is 3. The van der Waals surface area contributed by atoms with Crippen molar-refractivity contribution < 1.29 is 14.3 Å². The normalized spacial score (nSPS) is 16.6. The molecule has 1 aromatic heterocycles. The maximum atomic E-state index is 12.8. The summed E-state index contributed by atoms with van der Waals surface area (Å²) in [6.45, 7) is 3.21. The minimum Gasteiger partial charge on any atom is -0.479 e. The minimum absolute atomic E-state index is 0.188. The molecule has 10 heteroatoms. The molecule has 2 atom stereocenters. The van der Waals surface area contributed by atoms with Crippen molar-refractivity contribution in [1.29, 1.82) is 0 Å². The van der Waals surface area contributed by atoms with E-state index in [1.165, 1.54) is 14.1 Å². The van der Waals surface area contributed by atoms with Gasteiger partial charge in [-0.15, -0.1) is 0 Å². The number of nitrogens with zero attached hydrogens (tertiary/aromatic N) is 2. The Kier molecular flexibility index (Phi) is 4.72. The zero-order chi connectivity index (χ0) is 20.7. The molecule has 2 aromatic rings. The lowest BCUT2D eigenvalue weighted by Gasteiger charge is -2.24. The number of ether oxygens (including phenoxy) is 1. The van der Waals surface area contributed by atoms with Gasteiger partial charge in [-0.3, -0.25) is 23.5 Å². The summed E-state index contributed by atoms with van der Waals surface area (Å²) in [4.78, 5) is 48.9. The van der Waals surface area contributed by atoms with Crippen LogP contribution in [0.4, 0.5) is 17.2 Å². The minimum atomic E-state index is -0.815. The van der Waals surface area contributed by atoms with Crippen LogP contribution < -0.4 is 32.4 Å². The molecule has 1 aliphatic heterocycles. The van der Waals surface area contributed by atoms with E-state index in [0.29, 0.717) is 17.1 Å². The smallest absolute Gasteiger partial charge is 0.332 e. The summed E-state index contributed by atoms with van der Waals surface area (Å²) >= 11 is 0. The lowest BCUT2D eigenvalue weighted by atomic mass is 10.1. The summed E-state index contributed by atoms with van der Waals surface area (Å²) < 4.78 is 7.38. The third kappa shape index (κ3) is 3.13. The molecular weight excluding hydrogens is 366 g/mol. The molecule has 0 spiro atoms. The first-order valence-corrected chi connectivity index (χ1v) is 8.59. The van der Waals surface area contributed by atoms with Gasteiger partial charge in [0.05, 0.1) is 11.7 Å². The highest BCUT2D eigenvalue weighted by molar-refractivity contribution is 6.04. The number of fused-ring (bicyclic) bond motifs is 1. The van der Waals surface area contributed by atoms with Gasteiger partial charge in [-0.2, -0.15) is 0 Å². The molecule has 10 nitrogen and oxygen atoms in total. The average molecular weight is 387 g/mol. The molecule has 0 radical (unpaired) electrons. The van der Waals surface area contributed by atoms with E-state index in [-0.39, 0.29) is 17.3 Å². The summed E-state index contributed by atoms with van der Waals surface area (Å²) in [5, 5.41) is 5.70. The lowest BCUT2D eigenvalue weighted by molar-refractivity contribution is -0.122. The van der Waals surface area contributed by atoms with Crippen LogP contribution >= 0.6 is 0 Å². The number of amides is 1. The summed E-state index contributed by atoms with van der Waals surface area (Å²) in [7, 11) is 2.67. The highest BCUT2D eigenvalue weighted by Crippen LogP contribution is 2.32. The number of nitrogens with one attached hydrogen (secondary N) is 2.